The molecule has 0 atom stereocenters. The van der Waals surface area contributed by atoms with Crippen LogP contribution in [0.3, 0.4) is 0 Å². The normalized spacial score (nSPS) is 16.2. The Kier molecular flexibility index (Phi) is 6.47. The van der Waals surface area contributed by atoms with Gasteiger partial charge in [-0.05, 0) is 66.4 Å². The number of halogens is 4. The summed E-state index contributed by atoms with van der Waals surface area (Å²) in [6.07, 6.45) is -1.10. The molecular weight excluding hydrogens is 525 g/mol. The second kappa shape index (κ2) is 9.64. The topological polar surface area (TPSA) is 91.8 Å². The Morgan fingerprint density at radius 1 is 1.05 bits per heavy atom. The number of benzene rings is 2. The molecule has 2 fully saturated rings. The van der Waals surface area contributed by atoms with E-state index < -0.39 is 35.5 Å². The summed E-state index contributed by atoms with van der Waals surface area (Å²) in [6.45, 7) is 0.222. The van der Waals surface area contributed by atoms with Crippen molar-refractivity contribution in [1.82, 2.24) is 15.2 Å². The Labute approximate surface area is 220 Å². The summed E-state index contributed by atoms with van der Waals surface area (Å²) in [7, 11) is 0. The highest BCUT2D eigenvalue weighted by molar-refractivity contribution is 6.30. The van der Waals surface area contributed by atoms with Crippen molar-refractivity contribution in [2.75, 3.05) is 4.90 Å². The molecule has 4 amide bonds. The summed E-state index contributed by atoms with van der Waals surface area (Å²) in [4.78, 5) is 46.0. The van der Waals surface area contributed by atoms with Crippen LogP contribution in [0.5, 0.6) is 5.75 Å². The van der Waals surface area contributed by atoms with E-state index in [-0.39, 0.29) is 24.3 Å². The van der Waals surface area contributed by atoms with Crippen LogP contribution in [-0.4, -0.2) is 39.6 Å². The first-order chi connectivity index (χ1) is 18.1. The Morgan fingerprint density at radius 3 is 2.37 bits per heavy atom. The maximum Gasteiger partial charge on any atom is 0.573 e. The van der Waals surface area contributed by atoms with Gasteiger partial charge in [-0.1, -0.05) is 23.7 Å². The number of alkyl halides is 3. The number of rotatable bonds is 7. The summed E-state index contributed by atoms with van der Waals surface area (Å²) >= 11 is 5.90. The molecule has 2 aliphatic rings. The molecule has 1 aliphatic heterocycles. The molecule has 1 saturated carbocycles. The number of amides is 4. The zero-order chi connectivity index (χ0) is 27.1. The molecule has 0 unspecified atom stereocenters. The predicted octanol–water partition coefficient (Wildman–Crippen LogP) is 5.07. The van der Waals surface area contributed by atoms with E-state index in [9.17, 15) is 27.6 Å². The predicted molar refractivity (Wildman–Crippen MR) is 130 cm³/mol. The number of urea groups is 1. The van der Waals surface area contributed by atoms with Crippen molar-refractivity contribution < 1.29 is 32.3 Å². The minimum Gasteiger partial charge on any atom is -0.406 e. The lowest BCUT2D eigenvalue weighted by molar-refractivity contribution is -0.274. The van der Waals surface area contributed by atoms with Crippen LogP contribution in [0.1, 0.15) is 34.3 Å². The van der Waals surface area contributed by atoms with Crippen LogP contribution in [0.4, 0.5) is 23.7 Å². The van der Waals surface area contributed by atoms with Crippen LogP contribution >= 0.6 is 11.6 Å². The molecule has 0 bridgehead atoms. The van der Waals surface area contributed by atoms with E-state index in [0.29, 0.717) is 23.4 Å². The number of ether oxygens (including phenoxy) is 1. The molecule has 8 nitrogen and oxygen atoms in total. The number of hydrogen-bond donors (Lipinski definition) is 1. The van der Waals surface area contributed by atoms with Gasteiger partial charge < -0.3 is 15.0 Å². The number of nitrogens with zero attached hydrogens (tertiary/aromatic N) is 3. The number of carbonyl (C=O) groups is 3. The second-order valence-corrected chi connectivity index (χ2v) is 9.36. The molecule has 0 radical (unpaired) electrons. The maximum atomic E-state index is 13.4. The van der Waals surface area contributed by atoms with Crippen molar-refractivity contribution in [2.45, 2.75) is 37.8 Å². The SMILES string of the molecule is O=C(NCc1ccc(Cl)cc1)c1cnccc1CN1C(=O)N(c2ccc(OC(F)(F)F)cc2)C(=O)C12CC2. The number of carbonyl (C=O) groups excluding carboxylic acids is 3. The van der Waals surface area contributed by atoms with Crippen molar-refractivity contribution in [3.63, 3.8) is 0 Å². The molecule has 1 aliphatic carbocycles. The van der Waals surface area contributed by atoms with Crippen LogP contribution < -0.4 is 15.0 Å². The van der Waals surface area contributed by atoms with Crippen molar-refractivity contribution in [3.8, 4) is 5.75 Å². The summed E-state index contributed by atoms with van der Waals surface area (Å²) in [5, 5.41) is 3.39. The molecule has 1 spiro atoms. The summed E-state index contributed by atoms with van der Waals surface area (Å²) in [5.74, 6) is -1.33. The number of pyridine rings is 1. The Morgan fingerprint density at radius 2 is 1.74 bits per heavy atom. The fourth-order valence-corrected chi connectivity index (χ4v) is 4.50. The highest BCUT2D eigenvalue weighted by Gasteiger charge is 2.65. The first-order valence-corrected chi connectivity index (χ1v) is 11.9. The number of aromatic nitrogens is 1. The molecule has 1 saturated heterocycles. The molecule has 2 heterocycles. The quantitative estimate of drug-likeness (QED) is 0.420. The van der Waals surface area contributed by atoms with Crippen molar-refractivity contribution in [3.05, 3.63) is 88.7 Å². The van der Waals surface area contributed by atoms with Gasteiger partial charge in [-0.25, -0.2) is 9.69 Å². The van der Waals surface area contributed by atoms with E-state index in [1.54, 1.807) is 30.3 Å². The van der Waals surface area contributed by atoms with Crippen molar-refractivity contribution in [1.29, 1.82) is 0 Å². The highest BCUT2D eigenvalue weighted by Crippen LogP contribution is 2.50. The van der Waals surface area contributed by atoms with Gasteiger partial charge in [-0.2, -0.15) is 0 Å². The number of anilines is 1. The molecule has 38 heavy (non-hydrogen) atoms. The molecule has 5 rings (SSSR count). The number of nitrogens with one attached hydrogen (secondary N) is 1. The number of hydrogen-bond acceptors (Lipinski definition) is 5. The lowest BCUT2D eigenvalue weighted by Gasteiger charge is -2.22. The van der Waals surface area contributed by atoms with Crippen LogP contribution in [0.15, 0.2) is 67.0 Å². The van der Waals surface area contributed by atoms with Crippen molar-refractivity contribution in [2.24, 2.45) is 0 Å². The minimum absolute atomic E-state index is 0.0252. The lowest BCUT2D eigenvalue weighted by atomic mass is 10.1. The Balaban J connectivity index is 1.34. The van der Waals surface area contributed by atoms with Crippen molar-refractivity contribution >= 4 is 35.1 Å². The standard InChI is InChI=1S/C26H20ClF3N4O4/c27-18-3-1-16(2-4-18)13-32-22(35)21-14-31-12-9-17(21)15-33-24(37)34(23(36)25(33)10-11-25)19-5-7-20(8-6-19)38-26(28,29)30/h1-9,12,14H,10-11,13,15H2,(H,32,35). The molecule has 196 valence electrons. The summed E-state index contributed by atoms with van der Waals surface area (Å²) in [5.41, 5.74) is 0.659. The van der Waals surface area contributed by atoms with Gasteiger partial charge in [-0.3, -0.25) is 14.6 Å². The van der Waals surface area contributed by atoms with Gasteiger partial charge in [0.25, 0.3) is 11.8 Å². The van der Waals surface area contributed by atoms with E-state index in [1.165, 1.54) is 29.4 Å². The zero-order valence-corrected chi connectivity index (χ0v) is 20.4. The monoisotopic (exact) mass is 544 g/mol. The first kappa shape index (κ1) is 25.5. The van der Waals surface area contributed by atoms with Gasteiger partial charge >= 0.3 is 12.4 Å². The number of imide groups is 1. The van der Waals surface area contributed by atoms with Gasteiger partial charge in [0.2, 0.25) is 0 Å². The van der Waals surface area contributed by atoms with Gasteiger partial charge in [0.15, 0.2) is 0 Å². The average Bonchev–Trinajstić information content (AvgIpc) is 3.66. The third kappa shape index (κ3) is 5.01. The van der Waals surface area contributed by atoms with E-state index in [4.69, 9.17) is 11.6 Å². The molecular formula is C26H20ClF3N4O4. The third-order valence-electron chi connectivity index (χ3n) is 6.44. The minimum atomic E-state index is -4.86. The fraction of sp³-hybridized carbons (Fsp3) is 0.231. The van der Waals surface area contributed by atoms with Crippen LogP contribution in [0, 0.1) is 0 Å². The maximum absolute atomic E-state index is 13.4. The zero-order valence-electron chi connectivity index (χ0n) is 19.7. The van der Waals surface area contributed by atoms with Gasteiger partial charge in [0.1, 0.15) is 11.3 Å². The smallest absolute Gasteiger partial charge is 0.406 e. The molecule has 1 aromatic heterocycles. The van der Waals surface area contributed by atoms with Gasteiger partial charge in [-0.15, -0.1) is 13.2 Å². The van der Waals surface area contributed by atoms with Crippen LogP contribution in [0.2, 0.25) is 5.02 Å². The van der Waals surface area contributed by atoms with Crippen LogP contribution in [0.25, 0.3) is 0 Å². The molecule has 2 aromatic carbocycles. The van der Waals surface area contributed by atoms with E-state index in [2.05, 4.69) is 15.0 Å². The lowest BCUT2D eigenvalue weighted by Crippen LogP contribution is -2.37. The summed E-state index contributed by atoms with van der Waals surface area (Å²) in [6, 6.07) is 12.5. The molecule has 12 heteroatoms. The van der Waals surface area contributed by atoms with E-state index >= 15 is 0 Å². The first-order valence-electron chi connectivity index (χ1n) is 11.5. The average molecular weight is 545 g/mol. The highest BCUT2D eigenvalue weighted by atomic mass is 35.5. The third-order valence-corrected chi connectivity index (χ3v) is 6.69. The molecule has 1 N–H and O–H groups in total. The fourth-order valence-electron chi connectivity index (χ4n) is 4.38. The van der Waals surface area contributed by atoms with Crippen LogP contribution in [-0.2, 0) is 17.9 Å². The molecule has 3 aromatic rings. The Bertz CT molecular complexity index is 1390. The van der Waals surface area contributed by atoms with E-state index in [1.807, 2.05) is 0 Å². The summed E-state index contributed by atoms with van der Waals surface area (Å²) < 4.78 is 41.3. The van der Waals surface area contributed by atoms with Gasteiger partial charge in [0.05, 0.1) is 11.3 Å². The van der Waals surface area contributed by atoms with Gasteiger partial charge in [0, 0.05) is 30.5 Å². The second-order valence-electron chi connectivity index (χ2n) is 8.92. The van der Waals surface area contributed by atoms with E-state index in [0.717, 1.165) is 22.6 Å². The largest absolute Gasteiger partial charge is 0.573 e. The Hall–Kier alpha value is -4.12.